The molecule has 1 fully saturated rings. The molecule has 0 spiro atoms. The highest BCUT2D eigenvalue weighted by Gasteiger charge is 2.22. The zero-order valence-electron chi connectivity index (χ0n) is 14.0. The highest BCUT2D eigenvalue weighted by molar-refractivity contribution is 5.86. The first-order chi connectivity index (χ1) is 12.2. The zero-order valence-corrected chi connectivity index (χ0v) is 14.0. The molecule has 1 aliphatic heterocycles. The van der Waals surface area contributed by atoms with Gasteiger partial charge in [-0.25, -0.2) is 0 Å². The summed E-state index contributed by atoms with van der Waals surface area (Å²) < 4.78 is 0. The predicted molar refractivity (Wildman–Crippen MR) is 94.7 cm³/mol. The maximum Gasteiger partial charge on any atom is 0.240 e. The number of pyridine rings is 1. The van der Waals surface area contributed by atoms with Gasteiger partial charge in [-0.05, 0) is 17.7 Å². The summed E-state index contributed by atoms with van der Waals surface area (Å²) in [6.45, 7) is 1.66. The van der Waals surface area contributed by atoms with Gasteiger partial charge in [-0.1, -0.05) is 36.4 Å². The van der Waals surface area contributed by atoms with E-state index in [2.05, 4.69) is 15.6 Å². The van der Waals surface area contributed by atoms with Gasteiger partial charge in [-0.3, -0.25) is 14.6 Å². The first-order valence-corrected chi connectivity index (χ1v) is 8.45. The standard InChI is InChI=1S/C19H22N4O2/c24-18(14-23-11-10-20-13-19(23)25)22-17(15-6-2-1-3-7-15)12-16-8-4-5-9-21-16/h1-9,17,20H,10-14H2,(H,22,24). The molecule has 1 aromatic heterocycles. The van der Waals surface area contributed by atoms with Crippen molar-refractivity contribution in [3.63, 3.8) is 0 Å². The summed E-state index contributed by atoms with van der Waals surface area (Å²) in [6.07, 6.45) is 2.35. The Morgan fingerprint density at radius 2 is 2.00 bits per heavy atom. The Balaban J connectivity index is 1.68. The van der Waals surface area contributed by atoms with Gasteiger partial charge in [0.25, 0.3) is 0 Å². The van der Waals surface area contributed by atoms with Crippen LogP contribution in [-0.2, 0) is 16.0 Å². The van der Waals surface area contributed by atoms with Crippen LogP contribution in [0.2, 0.25) is 0 Å². The van der Waals surface area contributed by atoms with E-state index in [0.717, 1.165) is 17.8 Å². The van der Waals surface area contributed by atoms with E-state index in [1.54, 1.807) is 11.1 Å². The van der Waals surface area contributed by atoms with Crippen molar-refractivity contribution in [1.82, 2.24) is 20.5 Å². The molecule has 6 nitrogen and oxygen atoms in total. The Kier molecular flexibility index (Phi) is 5.74. The smallest absolute Gasteiger partial charge is 0.240 e. The molecular weight excluding hydrogens is 316 g/mol. The van der Waals surface area contributed by atoms with E-state index in [-0.39, 0.29) is 24.4 Å². The van der Waals surface area contributed by atoms with Gasteiger partial charge in [0.05, 0.1) is 19.1 Å². The number of nitrogens with one attached hydrogen (secondary N) is 2. The lowest BCUT2D eigenvalue weighted by Crippen LogP contribution is -2.51. The van der Waals surface area contributed by atoms with Crippen LogP contribution in [0, 0.1) is 0 Å². The number of amides is 2. The van der Waals surface area contributed by atoms with E-state index < -0.39 is 0 Å². The predicted octanol–water partition coefficient (Wildman–Crippen LogP) is 0.913. The molecule has 1 unspecified atom stereocenters. The van der Waals surface area contributed by atoms with Gasteiger partial charge >= 0.3 is 0 Å². The minimum Gasteiger partial charge on any atom is -0.347 e. The van der Waals surface area contributed by atoms with E-state index >= 15 is 0 Å². The van der Waals surface area contributed by atoms with Crippen LogP contribution in [0.25, 0.3) is 0 Å². The van der Waals surface area contributed by atoms with E-state index in [1.165, 1.54) is 0 Å². The van der Waals surface area contributed by atoms with Crippen molar-refractivity contribution in [2.24, 2.45) is 0 Å². The minimum absolute atomic E-state index is 0.0395. The van der Waals surface area contributed by atoms with Crippen LogP contribution in [0.1, 0.15) is 17.3 Å². The van der Waals surface area contributed by atoms with Crippen molar-refractivity contribution < 1.29 is 9.59 Å². The largest absolute Gasteiger partial charge is 0.347 e. The molecule has 6 heteroatoms. The summed E-state index contributed by atoms with van der Waals surface area (Å²) >= 11 is 0. The molecule has 2 amide bonds. The topological polar surface area (TPSA) is 74.3 Å². The minimum atomic E-state index is -0.179. The molecule has 1 atom stereocenters. The van der Waals surface area contributed by atoms with E-state index in [9.17, 15) is 9.59 Å². The molecule has 0 saturated carbocycles. The van der Waals surface area contributed by atoms with Crippen LogP contribution in [0.5, 0.6) is 0 Å². The lowest BCUT2D eigenvalue weighted by molar-refractivity contribution is -0.137. The van der Waals surface area contributed by atoms with Crippen LogP contribution >= 0.6 is 0 Å². The Bertz CT molecular complexity index is 706. The Morgan fingerprint density at radius 1 is 1.20 bits per heavy atom. The van der Waals surface area contributed by atoms with Crippen molar-refractivity contribution in [2.45, 2.75) is 12.5 Å². The van der Waals surface area contributed by atoms with Crippen LogP contribution in [-0.4, -0.2) is 47.9 Å². The van der Waals surface area contributed by atoms with Crippen LogP contribution in [0.15, 0.2) is 54.7 Å². The summed E-state index contributed by atoms with van der Waals surface area (Å²) in [5.41, 5.74) is 1.93. The highest BCUT2D eigenvalue weighted by atomic mass is 16.2. The molecule has 130 valence electrons. The molecule has 2 N–H and O–H groups in total. The van der Waals surface area contributed by atoms with Crippen LogP contribution < -0.4 is 10.6 Å². The number of aromatic nitrogens is 1. The van der Waals surface area contributed by atoms with Crippen molar-refractivity contribution >= 4 is 11.8 Å². The first-order valence-electron chi connectivity index (χ1n) is 8.45. The quantitative estimate of drug-likeness (QED) is 0.821. The Labute approximate surface area is 147 Å². The molecule has 1 aromatic carbocycles. The Morgan fingerprint density at radius 3 is 2.72 bits per heavy atom. The number of carbonyl (C=O) groups excluding carboxylic acids is 2. The van der Waals surface area contributed by atoms with Gasteiger partial charge in [0.2, 0.25) is 11.8 Å². The maximum absolute atomic E-state index is 12.5. The van der Waals surface area contributed by atoms with Crippen molar-refractivity contribution in [2.75, 3.05) is 26.2 Å². The second kappa shape index (κ2) is 8.39. The summed E-state index contributed by atoms with van der Waals surface area (Å²) in [5.74, 6) is -0.192. The molecule has 0 bridgehead atoms. The third-order valence-electron chi connectivity index (χ3n) is 4.20. The van der Waals surface area contributed by atoms with Crippen molar-refractivity contribution in [3.8, 4) is 0 Å². The molecule has 0 aliphatic carbocycles. The van der Waals surface area contributed by atoms with Crippen molar-refractivity contribution in [3.05, 3.63) is 66.0 Å². The third-order valence-corrected chi connectivity index (χ3v) is 4.20. The molecule has 3 rings (SSSR count). The normalized spacial score (nSPS) is 15.7. The molecular formula is C19H22N4O2. The molecule has 0 radical (unpaired) electrons. The molecule has 2 aromatic rings. The van der Waals surface area contributed by atoms with E-state index in [1.807, 2.05) is 48.5 Å². The van der Waals surface area contributed by atoms with Crippen LogP contribution in [0.3, 0.4) is 0 Å². The SMILES string of the molecule is O=C(CN1CCNCC1=O)NC(Cc1ccccn1)c1ccccc1. The third kappa shape index (κ3) is 4.87. The molecule has 25 heavy (non-hydrogen) atoms. The Hall–Kier alpha value is -2.73. The summed E-state index contributed by atoms with van der Waals surface area (Å²) in [7, 11) is 0. The average Bonchev–Trinajstić information content (AvgIpc) is 2.65. The first kappa shape index (κ1) is 17.1. The fourth-order valence-electron chi connectivity index (χ4n) is 2.89. The van der Waals surface area contributed by atoms with Crippen LogP contribution in [0.4, 0.5) is 0 Å². The van der Waals surface area contributed by atoms with Crippen molar-refractivity contribution in [1.29, 1.82) is 0 Å². The van der Waals surface area contributed by atoms with Gasteiger partial charge in [0.15, 0.2) is 0 Å². The average molecular weight is 338 g/mol. The number of piperazine rings is 1. The highest BCUT2D eigenvalue weighted by Crippen LogP contribution is 2.17. The number of carbonyl (C=O) groups is 2. The zero-order chi connectivity index (χ0) is 17.5. The van der Waals surface area contributed by atoms with E-state index in [4.69, 9.17) is 0 Å². The fourth-order valence-corrected chi connectivity index (χ4v) is 2.89. The summed E-state index contributed by atoms with van der Waals surface area (Å²) in [5, 5.41) is 6.06. The number of hydrogen-bond donors (Lipinski definition) is 2. The van der Waals surface area contributed by atoms with Gasteiger partial charge in [-0.2, -0.15) is 0 Å². The van der Waals surface area contributed by atoms with Gasteiger partial charge in [-0.15, -0.1) is 0 Å². The molecule has 2 heterocycles. The second-order valence-electron chi connectivity index (χ2n) is 6.05. The summed E-state index contributed by atoms with van der Waals surface area (Å²) in [4.78, 5) is 30.3. The number of rotatable bonds is 6. The monoisotopic (exact) mass is 338 g/mol. The lowest BCUT2D eigenvalue weighted by atomic mass is 10.0. The lowest BCUT2D eigenvalue weighted by Gasteiger charge is -2.28. The second-order valence-corrected chi connectivity index (χ2v) is 6.05. The number of nitrogens with zero attached hydrogens (tertiary/aromatic N) is 2. The van der Waals surface area contributed by atoms with Gasteiger partial charge < -0.3 is 15.5 Å². The fraction of sp³-hybridized carbons (Fsp3) is 0.316. The summed E-state index contributed by atoms with van der Waals surface area (Å²) in [6, 6.07) is 15.4. The molecule has 1 saturated heterocycles. The molecule has 1 aliphatic rings. The maximum atomic E-state index is 12.5. The number of hydrogen-bond acceptors (Lipinski definition) is 4. The number of benzene rings is 1. The van der Waals surface area contributed by atoms with Gasteiger partial charge in [0.1, 0.15) is 0 Å². The van der Waals surface area contributed by atoms with Gasteiger partial charge in [0, 0.05) is 31.4 Å². The van der Waals surface area contributed by atoms with E-state index in [0.29, 0.717) is 19.5 Å².